The first-order chi connectivity index (χ1) is 16.4. The van der Waals surface area contributed by atoms with E-state index in [0.29, 0.717) is 29.0 Å². The molecule has 0 saturated carbocycles. The number of amides is 1. The third-order valence-electron chi connectivity index (χ3n) is 6.84. The van der Waals surface area contributed by atoms with Gasteiger partial charge in [0, 0.05) is 41.3 Å². The maximum Gasteiger partial charge on any atom is 0.227 e. The van der Waals surface area contributed by atoms with E-state index in [9.17, 15) is 9.18 Å². The Labute approximate surface area is 208 Å². The van der Waals surface area contributed by atoms with Crippen molar-refractivity contribution in [2.45, 2.75) is 37.9 Å². The van der Waals surface area contributed by atoms with Gasteiger partial charge in [0.2, 0.25) is 5.91 Å². The second kappa shape index (κ2) is 9.57. The van der Waals surface area contributed by atoms with E-state index < -0.39 is 0 Å². The second-order valence-corrected chi connectivity index (χ2v) is 9.85. The molecule has 0 radical (unpaired) electrons. The van der Waals surface area contributed by atoms with Crippen LogP contribution in [0.4, 0.5) is 4.39 Å². The monoisotopic (exact) mass is 498 g/mol. The van der Waals surface area contributed by atoms with Gasteiger partial charge in [-0.3, -0.25) is 9.69 Å². The molecule has 2 saturated heterocycles. The van der Waals surface area contributed by atoms with Gasteiger partial charge in [-0.05, 0) is 79.1 Å². The van der Waals surface area contributed by atoms with E-state index in [1.165, 1.54) is 12.1 Å². The molecule has 2 fully saturated rings. The van der Waals surface area contributed by atoms with Crippen molar-refractivity contribution in [3.05, 3.63) is 93.7 Å². The van der Waals surface area contributed by atoms with Gasteiger partial charge in [-0.15, -0.1) is 0 Å². The molecule has 34 heavy (non-hydrogen) atoms. The van der Waals surface area contributed by atoms with Crippen LogP contribution >= 0.6 is 23.2 Å². The highest BCUT2D eigenvalue weighted by atomic mass is 35.5. The molecule has 7 heteroatoms. The summed E-state index contributed by atoms with van der Waals surface area (Å²) >= 11 is 12.6. The lowest BCUT2D eigenvalue weighted by Crippen LogP contribution is -2.49. The highest BCUT2D eigenvalue weighted by Crippen LogP contribution is 2.39. The molecule has 2 bridgehead atoms. The highest BCUT2D eigenvalue weighted by Gasteiger charge is 2.46. The number of hydrogen-bond donors (Lipinski definition) is 0. The largest absolute Gasteiger partial charge is 0.457 e. The third kappa shape index (κ3) is 4.78. The van der Waals surface area contributed by atoms with Crippen LogP contribution in [0.5, 0.6) is 11.5 Å². The van der Waals surface area contributed by atoms with Crippen LogP contribution in [0.2, 0.25) is 10.0 Å². The van der Waals surface area contributed by atoms with E-state index in [4.69, 9.17) is 27.9 Å². The van der Waals surface area contributed by atoms with Gasteiger partial charge in [-0.25, -0.2) is 4.39 Å². The van der Waals surface area contributed by atoms with Crippen molar-refractivity contribution in [1.29, 1.82) is 0 Å². The molecule has 2 heterocycles. The Kier molecular flexibility index (Phi) is 6.52. The van der Waals surface area contributed by atoms with Crippen LogP contribution in [0.25, 0.3) is 0 Å². The standard InChI is InChI=1S/C27H25Cl2FN2O2/c1-17(25-13-19(28)4-11-26(25)29)31-15-22-14-21(31)16-32(22)27(33)12-18-2-7-23(8-3-18)34-24-9-5-20(30)6-10-24/h2-11,13,17,21-22H,12,14-16H2,1H3. The molecular formula is C27H25Cl2FN2O2. The van der Waals surface area contributed by atoms with Crippen molar-refractivity contribution < 1.29 is 13.9 Å². The van der Waals surface area contributed by atoms with E-state index in [-0.39, 0.29) is 23.8 Å². The summed E-state index contributed by atoms with van der Waals surface area (Å²) in [6.07, 6.45) is 1.34. The zero-order valence-corrected chi connectivity index (χ0v) is 20.3. The second-order valence-electron chi connectivity index (χ2n) is 9.00. The average Bonchev–Trinajstić information content (AvgIpc) is 3.44. The van der Waals surface area contributed by atoms with E-state index in [1.54, 1.807) is 18.2 Å². The Bertz CT molecular complexity index is 1190. The van der Waals surface area contributed by atoms with Crippen molar-refractivity contribution in [2.75, 3.05) is 13.1 Å². The van der Waals surface area contributed by atoms with E-state index in [0.717, 1.165) is 35.7 Å². The van der Waals surface area contributed by atoms with Crippen LogP contribution in [0.1, 0.15) is 30.5 Å². The van der Waals surface area contributed by atoms with Crippen molar-refractivity contribution in [3.63, 3.8) is 0 Å². The van der Waals surface area contributed by atoms with Crippen LogP contribution in [0.15, 0.2) is 66.7 Å². The minimum Gasteiger partial charge on any atom is -0.457 e. The molecule has 2 aliphatic heterocycles. The molecular weight excluding hydrogens is 474 g/mol. The summed E-state index contributed by atoms with van der Waals surface area (Å²) in [5.41, 5.74) is 1.97. The molecule has 3 unspecified atom stereocenters. The molecule has 0 N–H and O–H groups in total. The third-order valence-corrected chi connectivity index (χ3v) is 7.42. The molecule has 1 amide bonds. The molecule has 176 valence electrons. The first kappa shape index (κ1) is 23.2. The van der Waals surface area contributed by atoms with Crippen LogP contribution in [-0.4, -0.2) is 40.9 Å². The zero-order valence-electron chi connectivity index (χ0n) is 18.8. The van der Waals surface area contributed by atoms with Gasteiger partial charge in [0.05, 0.1) is 6.42 Å². The van der Waals surface area contributed by atoms with Crippen LogP contribution in [-0.2, 0) is 11.2 Å². The molecule has 3 atom stereocenters. The maximum atomic E-state index is 13.1. The average molecular weight is 499 g/mol. The fourth-order valence-corrected chi connectivity index (χ4v) is 5.54. The Morgan fingerprint density at radius 2 is 1.68 bits per heavy atom. The maximum absolute atomic E-state index is 13.1. The summed E-state index contributed by atoms with van der Waals surface area (Å²) in [7, 11) is 0. The fourth-order valence-electron chi connectivity index (χ4n) is 5.08. The molecule has 0 aliphatic carbocycles. The predicted molar refractivity (Wildman–Crippen MR) is 132 cm³/mol. The van der Waals surface area contributed by atoms with Crippen LogP contribution in [0.3, 0.4) is 0 Å². The molecule has 3 aromatic carbocycles. The van der Waals surface area contributed by atoms with E-state index in [2.05, 4.69) is 11.8 Å². The number of piperazine rings is 1. The Morgan fingerprint density at radius 3 is 2.32 bits per heavy atom. The number of nitrogens with zero attached hydrogens (tertiary/aromatic N) is 2. The summed E-state index contributed by atoms with van der Waals surface area (Å²) in [6.45, 7) is 3.72. The van der Waals surface area contributed by atoms with Crippen LogP contribution < -0.4 is 4.74 Å². The topological polar surface area (TPSA) is 32.8 Å². The predicted octanol–water partition coefficient (Wildman–Crippen LogP) is 6.51. The number of carbonyl (C=O) groups excluding carboxylic acids is 1. The Morgan fingerprint density at radius 1 is 1.00 bits per heavy atom. The molecule has 2 aliphatic rings. The first-order valence-corrected chi connectivity index (χ1v) is 12.2. The zero-order chi connectivity index (χ0) is 23.8. The normalized spacial score (nSPS) is 20.5. The molecule has 0 spiro atoms. The minimum absolute atomic E-state index is 0.145. The fraction of sp³-hybridized carbons (Fsp3) is 0.296. The summed E-state index contributed by atoms with van der Waals surface area (Å²) in [5, 5.41) is 1.40. The number of carbonyl (C=O) groups is 1. The summed E-state index contributed by atoms with van der Waals surface area (Å²) in [4.78, 5) is 17.5. The Balaban J connectivity index is 1.18. The van der Waals surface area contributed by atoms with Gasteiger partial charge >= 0.3 is 0 Å². The lowest BCUT2D eigenvalue weighted by Gasteiger charge is -2.38. The number of likely N-dealkylation sites (tertiary alicyclic amines) is 2. The number of hydrogen-bond acceptors (Lipinski definition) is 3. The van der Waals surface area contributed by atoms with Gasteiger partial charge < -0.3 is 9.64 Å². The number of benzene rings is 3. The van der Waals surface area contributed by atoms with Gasteiger partial charge in [-0.1, -0.05) is 35.3 Å². The number of halogens is 3. The van der Waals surface area contributed by atoms with Crippen molar-refractivity contribution in [1.82, 2.24) is 9.80 Å². The lowest BCUT2D eigenvalue weighted by atomic mass is 10.1. The van der Waals surface area contributed by atoms with Crippen molar-refractivity contribution in [2.24, 2.45) is 0 Å². The summed E-state index contributed by atoms with van der Waals surface area (Å²) in [6, 6.07) is 19.6. The summed E-state index contributed by atoms with van der Waals surface area (Å²) in [5.74, 6) is 1.05. The van der Waals surface area contributed by atoms with Crippen molar-refractivity contribution in [3.8, 4) is 11.5 Å². The lowest BCUT2D eigenvalue weighted by molar-refractivity contribution is -0.133. The van der Waals surface area contributed by atoms with Gasteiger partial charge in [0.15, 0.2) is 0 Å². The van der Waals surface area contributed by atoms with Gasteiger partial charge in [0.25, 0.3) is 0 Å². The van der Waals surface area contributed by atoms with Crippen molar-refractivity contribution >= 4 is 29.1 Å². The smallest absolute Gasteiger partial charge is 0.227 e. The van der Waals surface area contributed by atoms with Gasteiger partial charge in [0.1, 0.15) is 17.3 Å². The number of fused-ring (bicyclic) bond motifs is 2. The molecule has 5 rings (SSSR count). The minimum atomic E-state index is -0.303. The number of ether oxygens (including phenoxy) is 1. The number of rotatable bonds is 6. The molecule has 4 nitrogen and oxygen atoms in total. The van der Waals surface area contributed by atoms with Crippen LogP contribution in [0, 0.1) is 5.82 Å². The van der Waals surface area contributed by atoms with Gasteiger partial charge in [-0.2, -0.15) is 0 Å². The first-order valence-electron chi connectivity index (χ1n) is 11.4. The molecule has 0 aromatic heterocycles. The van der Waals surface area contributed by atoms with E-state index >= 15 is 0 Å². The quantitative estimate of drug-likeness (QED) is 0.388. The van der Waals surface area contributed by atoms with E-state index in [1.807, 2.05) is 41.3 Å². The SMILES string of the molecule is CC(c1cc(Cl)ccc1Cl)N1CC2CC1CN2C(=O)Cc1ccc(Oc2ccc(F)cc2)cc1. The Hall–Kier alpha value is -2.60. The highest BCUT2D eigenvalue weighted by molar-refractivity contribution is 6.33. The molecule has 3 aromatic rings. The summed E-state index contributed by atoms with van der Waals surface area (Å²) < 4.78 is 18.8.